The molecule has 0 fully saturated rings. The van der Waals surface area contributed by atoms with Crippen LogP contribution in [0.3, 0.4) is 0 Å². The Kier molecular flexibility index (Phi) is 5.38. The van der Waals surface area contributed by atoms with E-state index in [1.807, 2.05) is 0 Å². The SMILES string of the molecule is Cc1ccc(S(C)(=O)=O)cc1C(=O)OCc1csc(-c2ccc(F)cc2)n1. The predicted molar refractivity (Wildman–Crippen MR) is 101 cm³/mol. The lowest BCUT2D eigenvalue weighted by atomic mass is 10.1. The molecule has 140 valence electrons. The maximum atomic E-state index is 13.0. The Morgan fingerprint density at radius 1 is 1.19 bits per heavy atom. The summed E-state index contributed by atoms with van der Waals surface area (Å²) in [6.45, 7) is 1.66. The molecular formula is C19H16FNO4S2. The summed E-state index contributed by atoms with van der Waals surface area (Å²) >= 11 is 1.36. The number of halogens is 1. The van der Waals surface area contributed by atoms with Gasteiger partial charge in [-0.1, -0.05) is 6.07 Å². The van der Waals surface area contributed by atoms with Crippen LogP contribution in [0.5, 0.6) is 0 Å². The number of aromatic nitrogens is 1. The summed E-state index contributed by atoms with van der Waals surface area (Å²) in [4.78, 5) is 16.8. The summed E-state index contributed by atoms with van der Waals surface area (Å²) in [5.74, 6) is -0.939. The number of hydrogen-bond donors (Lipinski definition) is 0. The van der Waals surface area contributed by atoms with Gasteiger partial charge in [0.15, 0.2) is 9.84 Å². The van der Waals surface area contributed by atoms with E-state index in [1.165, 1.54) is 35.6 Å². The number of sulfone groups is 1. The molecule has 0 spiro atoms. The van der Waals surface area contributed by atoms with Crippen LogP contribution in [0.15, 0.2) is 52.7 Å². The third-order valence-electron chi connectivity index (χ3n) is 3.85. The van der Waals surface area contributed by atoms with Crippen molar-refractivity contribution in [1.82, 2.24) is 4.98 Å². The molecule has 1 heterocycles. The standard InChI is InChI=1S/C19H16FNO4S2/c1-12-3-8-16(27(2,23)24)9-17(12)19(22)25-10-15-11-26-18(21-15)13-4-6-14(20)7-5-13/h3-9,11H,10H2,1-2H3. The van der Waals surface area contributed by atoms with E-state index in [0.29, 0.717) is 16.3 Å². The van der Waals surface area contributed by atoms with Gasteiger partial charge in [-0.25, -0.2) is 22.6 Å². The number of benzene rings is 2. The smallest absolute Gasteiger partial charge is 0.338 e. The second-order valence-electron chi connectivity index (χ2n) is 5.98. The Labute approximate surface area is 160 Å². The average molecular weight is 405 g/mol. The van der Waals surface area contributed by atoms with Crippen LogP contribution < -0.4 is 0 Å². The molecule has 0 saturated carbocycles. The van der Waals surface area contributed by atoms with Gasteiger partial charge in [0.25, 0.3) is 0 Å². The van der Waals surface area contributed by atoms with Crippen LogP contribution >= 0.6 is 11.3 Å². The van der Waals surface area contributed by atoms with E-state index in [1.54, 1.807) is 30.5 Å². The van der Waals surface area contributed by atoms with E-state index in [0.717, 1.165) is 11.8 Å². The highest BCUT2D eigenvalue weighted by atomic mass is 32.2. The number of nitrogens with zero attached hydrogens (tertiary/aromatic N) is 1. The molecule has 3 aromatic rings. The first-order valence-electron chi connectivity index (χ1n) is 7.92. The number of esters is 1. The quantitative estimate of drug-likeness (QED) is 0.600. The first-order chi connectivity index (χ1) is 12.7. The normalized spacial score (nSPS) is 11.4. The van der Waals surface area contributed by atoms with Gasteiger partial charge in [-0.2, -0.15) is 0 Å². The van der Waals surface area contributed by atoms with Crippen molar-refractivity contribution in [3.05, 3.63) is 70.5 Å². The van der Waals surface area contributed by atoms with Crippen LogP contribution in [0.4, 0.5) is 4.39 Å². The van der Waals surface area contributed by atoms with E-state index >= 15 is 0 Å². The molecule has 0 unspecified atom stereocenters. The van der Waals surface area contributed by atoms with Crippen LogP contribution in [-0.2, 0) is 21.2 Å². The van der Waals surface area contributed by atoms with Crippen molar-refractivity contribution in [2.24, 2.45) is 0 Å². The van der Waals surface area contributed by atoms with Crippen molar-refractivity contribution in [3.63, 3.8) is 0 Å². The number of carbonyl (C=O) groups is 1. The molecular weight excluding hydrogens is 389 g/mol. The van der Waals surface area contributed by atoms with E-state index < -0.39 is 15.8 Å². The van der Waals surface area contributed by atoms with Gasteiger partial charge in [-0.05, 0) is 48.9 Å². The molecule has 0 aliphatic rings. The van der Waals surface area contributed by atoms with E-state index in [-0.39, 0.29) is 22.9 Å². The summed E-state index contributed by atoms with van der Waals surface area (Å²) in [6.07, 6.45) is 1.08. The molecule has 3 rings (SSSR count). The first-order valence-corrected chi connectivity index (χ1v) is 10.7. The molecule has 0 radical (unpaired) electrons. The molecule has 0 saturated heterocycles. The molecule has 0 aliphatic carbocycles. The zero-order chi connectivity index (χ0) is 19.6. The average Bonchev–Trinajstić information content (AvgIpc) is 3.08. The molecule has 0 atom stereocenters. The number of ether oxygens (including phenoxy) is 1. The van der Waals surface area contributed by atoms with Gasteiger partial charge < -0.3 is 4.74 Å². The second kappa shape index (κ2) is 7.58. The molecule has 27 heavy (non-hydrogen) atoms. The highest BCUT2D eigenvalue weighted by Crippen LogP contribution is 2.24. The summed E-state index contributed by atoms with van der Waals surface area (Å²) < 4.78 is 41.6. The van der Waals surface area contributed by atoms with Crippen molar-refractivity contribution in [3.8, 4) is 10.6 Å². The lowest BCUT2D eigenvalue weighted by molar-refractivity contribution is 0.0467. The maximum absolute atomic E-state index is 13.0. The van der Waals surface area contributed by atoms with Crippen molar-refractivity contribution in [2.45, 2.75) is 18.4 Å². The second-order valence-corrected chi connectivity index (χ2v) is 8.85. The lowest BCUT2D eigenvalue weighted by Gasteiger charge is -2.08. The molecule has 0 amide bonds. The Morgan fingerprint density at radius 2 is 1.89 bits per heavy atom. The summed E-state index contributed by atoms with van der Waals surface area (Å²) in [5.41, 5.74) is 2.16. The molecule has 5 nitrogen and oxygen atoms in total. The summed E-state index contributed by atoms with van der Waals surface area (Å²) in [7, 11) is -3.42. The van der Waals surface area contributed by atoms with Gasteiger partial charge in [-0.3, -0.25) is 0 Å². The zero-order valence-electron chi connectivity index (χ0n) is 14.6. The number of carbonyl (C=O) groups excluding carboxylic acids is 1. The van der Waals surface area contributed by atoms with Crippen molar-refractivity contribution >= 4 is 27.1 Å². The largest absolute Gasteiger partial charge is 0.456 e. The molecule has 8 heteroatoms. The van der Waals surface area contributed by atoms with Gasteiger partial charge in [0, 0.05) is 17.2 Å². The van der Waals surface area contributed by atoms with Crippen molar-refractivity contribution < 1.29 is 22.3 Å². The number of rotatable bonds is 5. The topological polar surface area (TPSA) is 73.3 Å². The highest BCUT2D eigenvalue weighted by molar-refractivity contribution is 7.90. The van der Waals surface area contributed by atoms with Crippen LogP contribution in [0.25, 0.3) is 10.6 Å². The van der Waals surface area contributed by atoms with Gasteiger partial charge in [0.2, 0.25) is 0 Å². The molecule has 1 aromatic heterocycles. The van der Waals surface area contributed by atoms with Crippen molar-refractivity contribution in [1.29, 1.82) is 0 Å². The minimum absolute atomic E-state index is 0.0426. The van der Waals surface area contributed by atoms with Gasteiger partial charge >= 0.3 is 5.97 Å². The minimum Gasteiger partial charge on any atom is -0.456 e. The molecule has 0 aliphatic heterocycles. The van der Waals surface area contributed by atoms with Crippen LogP contribution in [0.2, 0.25) is 0 Å². The lowest BCUT2D eigenvalue weighted by Crippen LogP contribution is -2.09. The minimum atomic E-state index is -3.42. The van der Waals surface area contributed by atoms with Crippen LogP contribution in [-0.4, -0.2) is 25.6 Å². The molecule has 2 aromatic carbocycles. The Morgan fingerprint density at radius 3 is 2.56 bits per heavy atom. The van der Waals surface area contributed by atoms with Gasteiger partial charge in [0.05, 0.1) is 16.2 Å². The predicted octanol–water partition coefficient (Wildman–Crippen LogP) is 4.02. The maximum Gasteiger partial charge on any atom is 0.338 e. The summed E-state index contributed by atoms with van der Waals surface area (Å²) in [6, 6.07) is 10.3. The third kappa shape index (κ3) is 4.58. The summed E-state index contributed by atoms with van der Waals surface area (Å²) in [5, 5.41) is 2.45. The van der Waals surface area contributed by atoms with Crippen molar-refractivity contribution in [2.75, 3.05) is 6.26 Å². The van der Waals surface area contributed by atoms with E-state index in [4.69, 9.17) is 4.74 Å². The van der Waals surface area contributed by atoms with Crippen LogP contribution in [0, 0.1) is 12.7 Å². The monoisotopic (exact) mass is 405 g/mol. The fraction of sp³-hybridized carbons (Fsp3) is 0.158. The fourth-order valence-corrected chi connectivity index (χ4v) is 3.82. The van der Waals surface area contributed by atoms with E-state index in [2.05, 4.69) is 4.98 Å². The van der Waals surface area contributed by atoms with Crippen LogP contribution in [0.1, 0.15) is 21.6 Å². The highest BCUT2D eigenvalue weighted by Gasteiger charge is 2.16. The number of thiazole rings is 1. The first kappa shape index (κ1) is 19.2. The third-order valence-corrected chi connectivity index (χ3v) is 5.90. The molecule has 0 bridgehead atoms. The number of aryl methyl sites for hydroxylation is 1. The van der Waals surface area contributed by atoms with Gasteiger partial charge in [-0.15, -0.1) is 11.3 Å². The fourth-order valence-electron chi connectivity index (χ4n) is 2.37. The number of hydrogen-bond acceptors (Lipinski definition) is 6. The van der Waals surface area contributed by atoms with E-state index in [9.17, 15) is 17.6 Å². The van der Waals surface area contributed by atoms with Gasteiger partial charge in [0.1, 0.15) is 17.4 Å². The molecule has 0 N–H and O–H groups in total. The Hall–Kier alpha value is -2.58. The Bertz CT molecular complexity index is 1090. The Balaban J connectivity index is 1.72. The zero-order valence-corrected chi connectivity index (χ0v) is 16.2.